The van der Waals surface area contributed by atoms with Gasteiger partial charge in [0.1, 0.15) is 5.69 Å². The quantitative estimate of drug-likeness (QED) is 0.919. The lowest BCUT2D eigenvalue weighted by molar-refractivity contribution is 0.174. The second kappa shape index (κ2) is 5.13. The molecular formula is C14H17N3O3. The number of nitrogens with zero attached hydrogens (tertiary/aromatic N) is 3. The van der Waals surface area contributed by atoms with Crippen molar-refractivity contribution in [1.82, 2.24) is 15.0 Å². The molecule has 0 bridgehead atoms. The number of hydrogen-bond acceptors (Lipinski definition) is 5. The molecule has 0 amide bonds. The van der Waals surface area contributed by atoms with Gasteiger partial charge >= 0.3 is 0 Å². The Kier molecular flexibility index (Phi) is 3.31. The van der Waals surface area contributed by atoms with Crippen molar-refractivity contribution in [2.75, 3.05) is 6.79 Å². The van der Waals surface area contributed by atoms with Crippen LogP contribution in [0.3, 0.4) is 0 Å². The van der Waals surface area contributed by atoms with Gasteiger partial charge in [-0.05, 0) is 24.5 Å². The van der Waals surface area contributed by atoms with Gasteiger partial charge in [-0.15, -0.1) is 5.10 Å². The molecule has 0 saturated carbocycles. The van der Waals surface area contributed by atoms with E-state index in [2.05, 4.69) is 24.2 Å². The van der Waals surface area contributed by atoms with Crippen LogP contribution in [0.1, 0.15) is 25.2 Å². The minimum atomic E-state index is -0.105. The fourth-order valence-electron chi connectivity index (χ4n) is 2.27. The zero-order valence-corrected chi connectivity index (χ0v) is 11.5. The number of ether oxygens (including phenoxy) is 2. The monoisotopic (exact) mass is 275 g/mol. The van der Waals surface area contributed by atoms with Gasteiger partial charge in [-0.3, -0.25) is 0 Å². The molecule has 106 valence electrons. The first-order chi connectivity index (χ1) is 9.69. The molecule has 6 heteroatoms. The SMILES string of the molecule is CC(C)Cc1c(CO)nnn1-c1ccc2c(c1)OCO2. The molecule has 0 aliphatic carbocycles. The first kappa shape index (κ1) is 12.9. The number of fused-ring (bicyclic) bond motifs is 1. The number of aromatic nitrogens is 3. The number of benzene rings is 1. The maximum atomic E-state index is 9.39. The second-order valence-electron chi connectivity index (χ2n) is 5.19. The topological polar surface area (TPSA) is 69.4 Å². The Morgan fingerprint density at radius 3 is 2.85 bits per heavy atom. The zero-order valence-electron chi connectivity index (χ0n) is 11.5. The molecule has 3 rings (SSSR count). The van der Waals surface area contributed by atoms with Gasteiger partial charge in [0.15, 0.2) is 11.5 Å². The Morgan fingerprint density at radius 1 is 1.30 bits per heavy atom. The molecule has 1 aliphatic heterocycles. The highest BCUT2D eigenvalue weighted by atomic mass is 16.7. The predicted octanol–water partition coefficient (Wildman–Crippen LogP) is 1.69. The summed E-state index contributed by atoms with van der Waals surface area (Å²) in [5, 5.41) is 17.6. The van der Waals surface area contributed by atoms with Crippen LogP contribution >= 0.6 is 0 Å². The highest BCUT2D eigenvalue weighted by Crippen LogP contribution is 2.34. The number of aliphatic hydroxyl groups is 1. The van der Waals surface area contributed by atoms with Gasteiger partial charge in [0.2, 0.25) is 6.79 Å². The molecule has 1 N–H and O–H groups in total. The van der Waals surface area contributed by atoms with Crippen molar-refractivity contribution < 1.29 is 14.6 Å². The maximum Gasteiger partial charge on any atom is 0.231 e. The highest BCUT2D eigenvalue weighted by Gasteiger charge is 2.18. The average Bonchev–Trinajstić information content (AvgIpc) is 3.03. The summed E-state index contributed by atoms with van der Waals surface area (Å²) in [5.41, 5.74) is 2.41. The second-order valence-corrected chi connectivity index (χ2v) is 5.19. The Labute approximate surface area is 116 Å². The largest absolute Gasteiger partial charge is 0.454 e. The van der Waals surface area contributed by atoms with E-state index in [4.69, 9.17) is 9.47 Å². The Hall–Kier alpha value is -2.08. The molecule has 0 radical (unpaired) electrons. The van der Waals surface area contributed by atoms with Gasteiger partial charge in [-0.2, -0.15) is 0 Å². The standard InChI is InChI=1S/C14H17N3O3/c1-9(2)5-12-11(7-18)15-16-17(12)10-3-4-13-14(6-10)20-8-19-13/h3-4,6,9,18H,5,7-8H2,1-2H3. The molecule has 1 aromatic carbocycles. The molecule has 0 saturated heterocycles. The first-order valence-electron chi connectivity index (χ1n) is 6.63. The summed E-state index contributed by atoms with van der Waals surface area (Å²) in [5.74, 6) is 1.90. The van der Waals surface area contributed by atoms with Crippen LogP contribution < -0.4 is 9.47 Å². The number of aliphatic hydroxyl groups excluding tert-OH is 1. The van der Waals surface area contributed by atoms with Gasteiger partial charge in [0.25, 0.3) is 0 Å². The number of rotatable bonds is 4. The fourth-order valence-corrected chi connectivity index (χ4v) is 2.27. The van der Waals surface area contributed by atoms with Crippen LogP contribution in [0, 0.1) is 5.92 Å². The van der Waals surface area contributed by atoms with Gasteiger partial charge < -0.3 is 14.6 Å². The smallest absolute Gasteiger partial charge is 0.231 e. The molecule has 0 atom stereocenters. The third-order valence-electron chi connectivity index (χ3n) is 3.20. The molecule has 2 aromatic rings. The van der Waals surface area contributed by atoms with Gasteiger partial charge in [-0.25, -0.2) is 4.68 Å². The molecule has 1 aliphatic rings. The fraction of sp³-hybridized carbons (Fsp3) is 0.429. The van der Waals surface area contributed by atoms with Crippen molar-refractivity contribution in [2.24, 2.45) is 5.92 Å². The van der Waals surface area contributed by atoms with Crippen molar-refractivity contribution >= 4 is 0 Å². The summed E-state index contributed by atoms with van der Waals surface area (Å²) < 4.78 is 12.4. The van der Waals surface area contributed by atoms with Crippen LogP contribution in [-0.4, -0.2) is 26.9 Å². The normalized spacial score (nSPS) is 13.2. The van der Waals surface area contributed by atoms with Crippen molar-refractivity contribution in [2.45, 2.75) is 26.9 Å². The zero-order chi connectivity index (χ0) is 14.1. The summed E-state index contributed by atoms with van der Waals surface area (Å²) >= 11 is 0. The molecule has 0 spiro atoms. The lowest BCUT2D eigenvalue weighted by Gasteiger charge is -2.10. The van der Waals surface area contributed by atoms with E-state index in [-0.39, 0.29) is 13.4 Å². The van der Waals surface area contributed by atoms with E-state index in [9.17, 15) is 5.11 Å². The van der Waals surface area contributed by atoms with Crippen LogP contribution in [0.15, 0.2) is 18.2 Å². The van der Waals surface area contributed by atoms with Crippen molar-refractivity contribution in [3.05, 3.63) is 29.6 Å². The molecule has 0 unspecified atom stereocenters. The lowest BCUT2D eigenvalue weighted by atomic mass is 10.1. The van der Waals surface area contributed by atoms with E-state index in [0.29, 0.717) is 17.4 Å². The van der Waals surface area contributed by atoms with Crippen LogP contribution in [0.5, 0.6) is 11.5 Å². The summed E-state index contributed by atoms with van der Waals surface area (Å²) in [6.45, 7) is 4.39. The Morgan fingerprint density at radius 2 is 2.10 bits per heavy atom. The Balaban J connectivity index is 2.03. The summed E-state index contributed by atoms with van der Waals surface area (Å²) in [6.07, 6.45) is 0.803. The van der Waals surface area contributed by atoms with E-state index in [1.54, 1.807) is 4.68 Å². The van der Waals surface area contributed by atoms with Crippen molar-refractivity contribution in [1.29, 1.82) is 0 Å². The van der Waals surface area contributed by atoms with Crippen molar-refractivity contribution in [3.63, 3.8) is 0 Å². The molecule has 1 aromatic heterocycles. The summed E-state index contributed by atoms with van der Waals surface area (Å²) in [4.78, 5) is 0. The minimum Gasteiger partial charge on any atom is -0.454 e. The summed E-state index contributed by atoms with van der Waals surface area (Å²) in [6, 6.07) is 5.65. The predicted molar refractivity (Wildman–Crippen MR) is 71.9 cm³/mol. The van der Waals surface area contributed by atoms with Crippen LogP contribution in [0.2, 0.25) is 0 Å². The molecular weight excluding hydrogens is 258 g/mol. The minimum absolute atomic E-state index is 0.105. The van der Waals surface area contributed by atoms with E-state index < -0.39 is 0 Å². The lowest BCUT2D eigenvalue weighted by Crippen LogP contribution is -2.07. The average molecular weight is 275 g/mol. The molecule has 2 heterocycles. The third-order valence-corrected chi connectivity index (χ3v) is 3.20. The van der Waals surface area contributed by atoms with E-state index >= 15 is 0 Å². The van der Waals surface area contributed by atoms with E-state index in [0.717, 1.165) is 23.6 Å². The van der Waals surface area contributed by atoms with Crippen LogP contribution in [0.25, 0.3) is 5.69 Å². The number of hydrogen-bond donors (Lipinski definition) is 1. The van der Waals surface area contributed by atoms with E-state index in [1.165, 1.54) is 0 Å². The van der Waals surface area contributed by atoms with E-state index in [1.807, 2.05) is 18.2 Å². The van der Waals surface area contributed by atoms with Gasteiger partial charge in [-0.1, -0.05) is 19.1 Å². The van der Waals surface area contributed by atoms with Crippen molar-refractivity contribution in [3.8, 4) is 17.2 Å². The first-order valence-corrected chi connectivity index (χ1v) is 6.63. The summed E-state index contributed by atoms with van der Waals surface area (Å²) in [7, 11) is 0. The molecule has 20 heavy (non-hydrogen) atoms. The van der Waals surface area contributed by atoms with Crippen LogP contribution in [0.4, 0.5) is 0 Å². The van der Waals surface area contributed by atoms with Crippen LogP contribution in [-0.2, 0) is 13.0 Å². The molecule has 0 fully saturated rings. The molecule has 6 nitrogen and oxygen atoms in total. The van der Waals surface area contributed by atoms with Gasteiger partial charge in [0.05, 0.1) is 18.0 Å². The Bertz CT molecular complexity index is 622. The maximum absolute atomic E-state index is 9.39. The highest BCUT2D eigenvalue weighted by molar-refractivity contribution is 5.50. The van der Waals surface area contributed by atoms with Gasteiger partial charge in [0, 0.05) is 6.07 Å². The third kappa shape index (κ3) is 2.22.